The summed E-state index contributed by atoms with van der Waals surface area (Å²) in [6.07, 6.45) is 7.38. The van der Waals surface area contributed by atoms with Gasteiger partial charge in [-0.25, -0.2) is 14.4 Å². The summed E-state index contributed by atoms with van der Waals surface area (Å²) in [4.78, 5) is 30.0. The van der Waals surface area contributed by atoms with Crippen LogP contribution >= 0.6 is 11.3 Å². The molecule has 1 aliphatic heterocycles. The van der Waals surface area contributed by atoms with Crippen molar-refractivity contribution in [2.24, 2.45) is 0 Å². The predicted molar refractivity (Wildman–Crippen MR) is 136 cm³/mol. The molecule has 3 aromatic rings. The number of halogens is 1. The number of nitrogens with zero attached hydrogens (tertiary/aromatic N) is 4. The molecule has 5 nitrogen and oxygen atoms in total. The van der Waals surface area contributed by atoms with E-state index in [4.69, 9.17) is 9.97 Å². The van der Waals surface area contributed by atoms with E-state index < -0.39 is 0 Å². The van der Waals surface area contributed by atoms with E-state index in [0.717, 1.165) is 54.4 Å². The summed E-state index contributed by atoms with van der Waals surface area (Å²) in [5.41, 5.74) is 2.32. The van der Waals surface area contributed by atoms with Gasteiger partial charge < -0.3 is 9.80 Å². The van der Waals surface area contributed by atoms with Crippen LogP contribution in [0.3, 0.4) is 0 Å². The number of piperazine rings is 1. The molecule has 0 spiro atoms. The van der Waals surface area contributed by atoms with Crippen LogP contribution in [0.15, 0.2) is 24.3 Å². The minimum Gasteiger partial charge on any atom is -0.352 e. The highest BCUT2D eigenvalue weighted by Crippen LogP contribution is 2.40. The van der Waals surface area contributed by atoms with Gasteiger partial charge in [0.05, 0.1) is 11.8 Å². The summed E-state index contributed by atoms with van der Waals surface area (Å²) in [5.74, 6) is 2.16. The molecule has 34 heavy (non-hydrogen) atoms. The summed E-state index contributed by atoms with van der Waals surface area (Å²) in [6, 6.07) is 6.22. The molecule has 7 heteroatoms. The van der Waals surface area contributed by atoms with Crippen molar-refractivity contribution in [3.8, 4) is 0 Å². The van der Waals surface area contributed by atoms with Crippen LogP contribution in [-0.2, 0) is 24.1 Å². The predicted octanol–water partition coefficient (Wildman–Crippen LogP) is 5.50. The van der Waals surface area contributed by atoms with Crippen molar-refractivity contribution in [3.05, 3.63) is 51.9 Å². The van der Waals surface area contributed by atoms with Crippen molar-refractivity contribution in [3.63, 3.8) is 0 Å². The van der Waals surface area contributed by atoms with Crippen molar-refractivity contribution in [1.29, 1.82) is 0 Å². The summed E-state index contributed by atoms with van der Waals surface area (Å²) >= 11 is 1.87. The van der Waals surface area contributed by atoms with E-state index in [9.17, 15) is 9.18 Å². The highest BCUT2D eigenvalue weighted by Gasteiger charge is 2.27. The highest BCUT2D eigenvalue weighted by atomic mass is 32.1. The van der Waals surface area contributed by atoms with E-state index in [1.165, 1.54) is 47.2 Å². The number of anilines is 1. The molecule has 0 N–H and O–H groups in total. The third-order valence-corrected chi connectivity index (χ3v) is 8.50. The first-order valence-corrected chi connectivity index (χ1v) is 13.4. The topological polar surface area (TPSA) is 49.3 Å². The Morgan fingerprint density at radius 1 is 1.06 bits per heavy atom. The maximum Gasteiger partial charge on any atom is 0.227 e. The van der Waals surface area contributed by atoms with Crippen LogP contribution in [0.25, 0.3) is 10.2 Å². The standard InChI is InChI=1S/C27H33FN4OS/c1-3-18(2)25-29-26(24-21-7-5-4-6-8-22(21)34-27(24)30-25)32-15-13-31(14-16-32)23(33)17-19-9-11-20(28)12-10-19/h9-12,18H,3-8,13-17H2,1-2H3/t18-/m1/s1. The zero-order valence-electron chi connectivity index (χ0n) is 20.1. The molecule has 0 radical (unpaired) electrons. The molecule has 1 amide bonds. The molecule has 1 fully saturated rings. The number of hydrogen-bond donors (Lipinski definition) is 0. The zero-order chi connectivity index (χ0) is 23.7. The number of thiophene rings is 1. The molecule has 0 bridgehead atoms. The Balaban J connectivity index is 1.39. The van der Waals surface area contributed by atoms with Gasteiger partial charge in [0, 0.05) is 37.0 Å². The smallest absolute Gasteiger partial charge is 0.227 e. The molecule has 180 valence electrons. The molecule has 2 aromatic heterocycles. The molecule has 3 heterocycles. The SMILES string of the molecule is CC[C@@H](C)c1nc(N2CCN(C(=O)Cc3ccc(F)cc3)CC2)c2c3c(sc2n1)CCCCC3. The first-order chi connectivity index (χ1) is 16.5. The van der Waals surface area contributed by atoms with E-state index >= 15 is 0 Å². The maximum absolute atomic E-state index is 13.2. The van der Waals surface area contributed by atoms with Gasteiger partial charge >= 0.3 is 0 Å². The van der Waals surface area contributed by atoms with Crippen molar-refractivity contribution in [1.82, 2.24) is 14.9 Å². The fourth-order valence-electron chi connectivity index (χ4n) is 5.02. The lowest BCUT2D eigenvalue weighted by Gasteiger charge is -2.36. The van der Waals surface area contributed by atoms with Gasteiger partial charge in [-0.2, -0.15) is 0 Å². The van der Waals surface area contributed by atoms with Crippen LogP contribution in [0.5, 0.6) is 0 Å². The number of hydrogen-bond acceptors (Lipinski definition) is 5. The van der Waals surface area contributed by atoms with Gasteiger partial charge in [0.15, 0.2) is 0 Å². The first-order valence-electron chi connectivity index (χ1n) is 12.6. The summed E-state index contributed by atoms with van der Waals surface area (Å²) < 4.78 is 13.2. The summed E-state index contributed by atoms with van der Waals surface area (Å²) in [5, 5.41) is 1.26. The van der Waals surface area contributed by atoms with Crippen LogP contribution in [-0.4, -0.2) is 47.0 Å². The van der Waals surface area contributed by atoms with E-state index in [-0.39, 0.29) is 11.7 Å². The Morgan fingerprint density at radius 3 is 2.53 bits per heavy atom. The van der Waals surface area contributed by atoms with Crippen LogP contribution in [0.1, 0.15) is 67.3 Å². The first kappa shape index (κ1) is 23.2. The molecule has 1 aromatic carbocycles. The average molecular weight is 481 g/mol. The minimum atomic E-state index is -0.274. The quantitative estimate of drug-likeness (QED) is 0.452. The number of carbonyl (C=O) groups excluding carboxylic acids is 1. The maximum atomic E-state index is 13.2. The monoisotopic (exact) mass is 480 g/mol. The zero-order valence-corrected chi connectivity index (χ0v) is 21.0. The van der Waals surface area contributed by atoms with Gasteiger partial charge in [-0.05, 0) is 55.4 Å². The highest BCUT2D eigenvalue weighted by molar-refractivity contribution is 7.19. The largest absolute Gasteiger partial charge is 0.352 e. The Hall–Kier alpha value is -2.54. The van der Waals surface area contributed by atoms with E-state index in [1.807, 2.05) is 16.2 Å². The Kier molecular flexibility index (Phi) is 6.82. The average Bonchev–Trinajstić information content (AvgIpc) is 3.05. The second kappa shape index (κ2) is 9.98. The Bertz CT molecular complexity index is 1170. The number of carbonyl (C=O) groups is 1. The second-order valence-corrected chi connectivity index (χ2v) is 10.7. The molecule has 0 unspecified atom stereocenters. The molecule has 1 saturated heterocycles. The normalized spacial score (nSPS) is 17.5. The number of benzene rings is 1. The van der Waals surface area contributed by atoms with Gasteiger partial charge in [0.2, 0.25) is 5.91 Å². The van der Waals surface area contributed by atoms with E-state index in [0.29, 0.717) is 25.4 Å². The van der Waals surface area contributed by atoms with Crippen molar-refractivity contribution in [2.45, 2.75) is 64.7 Å². The number of aromatic nitrogens is 2. The lowest BCUT2D eigenvalue weighted by atomic mass is 10.1. The molecule has 1 aliphatic carbocycles. The van der Waals surface area contributed by atoms with Crippen LogP contribution in [0.4, 0.5) is 10.2 Å². The van der Waals surface area contributed by atoms with Crippen molar-refractivity contribution < 1.29 is 9.18 Å². The van der Waals surface area contributed by atoms with Gasteiger partial charge in [-0.1, -0.05) is 32.4 Å². The summed E-state index contributed by atoms with van der Waals surface area (Å²) in [6.45, 7) is 7.28. The number of aryl methyl sites for hydroxylation is 2. The number of fused-ring (bicyclic) bond motifs is 3. The number of amides is 1. The fourth-order valence-corrected chi connectivity index (χ4v) is 6.28. The number of rotatable bonds is 5. The third-order valence-electron chi connectivity index (χ3n) is 7.32. The fraction of sp³-hybridized carbons (Fsp3) is 0.519. The van der Waals surface area contributed by atoms with E-state index in [1.54, 1.807) is 12.1 Å². The van der Waals surface area contributed by atoms with Crippen LogP contribution in [0.2, 0.25) is 0 Å². The van der Waals surface area contributed by atoms with E-state index in [2.05, 4.69) is 18.7 Å². The van der Waals surface area contributed by atoms with Gasteiger partial charge in [0.25, 0.3) is 0 Å². The molecule has 2 aliphatic rings. The Morgan fingerprint density at radius 2 is 1.79 bits per heavy atom. The van der Waals surface area contributed by atoms with Gasteiger partial charge in [0.1, 0.15) is 22.3 Å². The second-order valence-electron chi connectivity index (χ2n) is 9.63. The lowest BCUT2D eigenvalue weighted by Crippen LogP contribution is -2.49. The molecular formula is C27H33FN4OS. The Labute approximate surface area is 205 Å². The minimum absolute atomic E-state index is 0.101. The molecule has 5 rings (SSSR count). The van der Waals surface area contributed by atoms with Gasteiger partial charge in [-0.3, -0.25) is 4.79 Å². The van der Waals surface area contributed by atoms with Crippen molar-refractivity contribution >= 4 is 33.3 Å². The summed E-state index contributed by atoms with van der Waals surface area (Å²) in [7, 11) is 0. The molecule has 0 saturated carbocycles. The van der Waals surface area contributed by atoms with Crippen LogP contribution in [0, 0.1) is 5.82 Å². The molecular weight excluding hydrogens is 447 g/mol. The van der Waals surface area contributed by atoms with Gasteiger partial charge in [-0.15, -0.1) is 11.3 Å². The third kappa shape index (κ3) is 4.67. The molecule has 1 atom stereocenters. The van der Waals surface area contributed by atoms with Crippen molar-refractivity contribution in [2.75, 3.05) is 31.1 Å². The lowest BCUT2D eigenvalue weighted by molar-refractivity contribution is -0.130. The van der Waals surface area contributed by atoms with Crippen LogP contribution < -0.4 is 4.90 Å².